The monoisotopic (exact) mass is 197 g/mol. The Hall–Kier alpha value is -0.890. The maximum absolute atomic E-state index is 13.3. The van der Waals surface area contributed by atoms with Gasteiger partial charge in [0.05, 0.1) is 5.02 Å². The summed E-state index contributed by atoms with van der Waals surface area (Å²) in [5.41, 5.74) is 1.30. The fourth-order valence-corrected chi connectivity index (χ4v) is 1.79. The minimum Gasteiger partial charge on any atom is -0.289 e. The van der Waals surface area contributed by atoms with E-state index >= 15 is 0 Å². The van der Waals surface area contributed by atoms with Crippen molar-refractivity contribution < 1.29 is 4.39 Å². The fourth-order valence-electron chi connectivity index (χ4n) is 1.52. The SMILES string of the molecule is Fc1cccc(Cl)c1C1=NCCC1. The van der Waals surface area contributed by atoms with E-state index in [2.05, 4.69) is 4.99 Å². The highest BCUT2D eigenvalue weighted by atomic mass is 35.5. The topological polar surface area (TPSA) is 12.4 Å². The van der Waals surface area contributed by atoms with Gasteiger partial charge in [0, 0.05) is 17.8 Å². The molecule has 0 unspecified atom stereocenters. The fraction of sp³-hybridized carbons (Fsp3) is 0.300. The van der Waals surface area contributed by atoms with Gasteiger partial charge in [-0.3, -0.25) is 4.99 Å². The zero-order valence-electron chi connectivity index (χ0n) is 7.06. The predicted molar refractivity (Wildman–Crippen MR) is 52.0 cm³/mol. The molecular formula is C10H9ClFN. The third-order valence-electron chi connectivity index (χ3n) is 2.13. The van der Waals surface area contributed by atoms with Gasteiger partial charge in [0.25, 0.3) is 0 Å². The van der Waals surface area contributed by atoms with Crippen LogP contribution in [0.2, 0.25) is 5.02 Å². The maximum Gasteiger partial charge on any atom is 0.133 e. The molecule has 1 aromatic rings. The van der Waals surface area contributed by atoms with E-state index in [1.54, 1.807) is 12.1 Å². The van der Waals surface area contributed by atoms with Gasteiger partial charge >= 0.3 is 0 Å². The lowest BCUT2D eigenvalue weighted by Crippen LogP contribution is -2.00. The second kappa shape index (κ2) is 3.46. The van der Waals surface area contributed by atoms with Crippen molar-refractivity contribution in [1.82, 2.24) is 0 Å². The van der Waals surface area contributed by atoms with Crippen LogP contribution in [0, 0.1) is 5.82 Å². The number of halogens is 2. The van der Waals surface area contributed by atoms with Crippen LogP contribution in [0.1, 0.15) is 18.4 Å². The van der Waals surface area contributed by atoms with Crippen LogP contribution >= 0.6 is 11.6 Å². The van der Waals surface area contributed by atoms with Gasteiger partial charge < -0.3 is 0 Å². The first-order valence-corrected chi connectivity index (χ1v) is 4.64. The Bertz CT molecular complexity index is 340. The smallest absolute Gasteiger partial charge is 0.133 e. The summed E-state index contributed by atoms with van der Waals surface area (Å²) in [6.45, 7) is 0.792. The first kappa shape index (κ1) is 8.70. The van der Waals surface area contributed by atoms with Crippen LogP contribution in [0.5, 0.6) is 0 Å². The number of aliphatic imine (C=N–C) groups is 1. The number of nitrogens with zero attached hydrogens (tertiary/aromatic N) is 1. The van der Waals surface area contributed by atoms with Gasteiger partial charge in [0.1, 0.15) is 5.82 Å². The zero-order valence-corrected chi connectivity index (χ0v) is 7.81. The van der Waals surface area contributed by atoms with E-state index in [4.69, 9.17) is 11.6 Å². The van der Waals surface area contributed by atoms with Crippen LogP contribution in [-0.2, 0) is 0 Å². The highest BCUT2D eigenvalue weighted by Crippen LogP contribution is 2.23. The van der Waals surface area contributed by atoms with Crippen LogP contribution < -0.4 is 0 Å². The van der Waals surface area contributed by atoms with Crippen molar-refractivity contribution in [3.8, 4) is 0 Å². The Morgan fingerprint density at radius 3 is 2.85 bits per heavy atom. The average molecular weight is 198 g/mol. The lowest BCUT2D eigenvalue weighted by atomic mass is 10.1. The molecule has 1 heterocycles. The van der Waals surface area contributed by atoms with Crippen molar-refractivity contribution >= 4 is 17.3 Å². The number of hydrogen-bond acceptors (Lipinski definition) is 1. The Balaban J connectivity index is 2.49. The molecule has 1 aromatic carbocycles. The lowest BCUT2D eigenvalue weighted by Gasteiger charge is -2.04. The molecule has 2 rings (SSSR count). The Labute approximate surface area is 81.2 Å². The number of rotatable bonds is 1. The average Bonchev–Trinajstić information content (AvgIpc) is 2.57. The highest BCUT2D eigenvalue weighted by Gasteiger charge is 2.15. The van der Waals surface area contributed by atoms with Gasteiger partial charge in [0.15, 0.2) is 0 Å². The van der Waals surface area contributed by atoms with Crippen molar-refractivity contribution in [2.24, 2.45) is 4.99 Å². The van der Waals surface area contributed by atoms with E-state index < -0.39 is 0 Å². The molecule has 1 nitrogen and oxygen atoms in total. The largest absolute Gasteiger partial charge is 0.289 e. The molecule has 0 fully saturated rings. The third kappa shape index (κ3) is 1.59. The third-order valence-corrected chi connectivity index (χ3v) is 2.44. The molecule has 1 aliphatic heterocycles. The van der Waals surface area contributed by atoms with E-state index in [9.17, 15) is 4.39 Å². The molecule has 0 aromatic heterocycles. The van der Waals surface area contributed by atoms with Gasteiger partial charge in [0.2, 0.25) is 0 Å². The highest BCUT2D eigenvalue weighted by molar-refractivity contribution is 6.34. The van der Waals surface area contributed by atoms with Gasteiger partial charge in [-0.05, 0) is 25.0 Å². The van der Waals surface area contributed by atoms with Crippen LogP contribution in [0.3, 0.4) is 0 Å². The summed E-state index contributed by atoms with van der Waals surface area (Å²) < 4.78 is 13.3. The molecule has 0 saturated carbocycles. The quantitative estimate of drug-likeness (QED) is 0.656. The molecule has 1 aliphatic rings. The summed E-state index contributed by atoms with van der Waals surface area (Å²) in [4.78, 5) is 4.22. The van der Waals surface area contributed by atoms with E-state index in [1.807, 2.05) is 0 Å². The second-order valence-corrected chi connectivity index (χ2v) is 3.44. The minimum atomic E-state index is -0.270. The Morgan fingerprint density at radius 1 is 1.38 bits per heavy atom. The van der Waals surface area contributed by atoms with Crippen molar-refractivity contribution in [3.05, 3.63) is 34.6 Å². The zero-order chi connectivity index (χ0) is 9.26. The summed E-state index contributed by atoms with van der Waals surface area (Å²) in [6, 6.07) is 4.72. The summed E-state index contributed by atoms with van der Waals surface area (Å²) in [5, 5.41) is 0.459. The van der Waals surface area contributed by atoms with Crippen LogP contribution in [0.15, 0.2) is 23.2 Å². The number of benzene rings is 1. The van der Waals surface area contributed by atoms with Crippen molar-refractivity contribution in [2.75, 3.05) is 6.54 Å². The first-order valence-electron chi connectivity index (χ1n) is 4.27. The molecule has 0 atom stereocenters. The molecule has 3 heteroatoms. The molecule has 0 aliphatic carbocycles. The predicted octanol–water partition coefficient (Wildman–Crippen LogP) is 3.06. The summed E-state index contributed by atoms with van der Waals surface area (Å²) in [7, 11) is 0. The van der Waals surface area contributed by atoms with E-state index in [1.165, 1.54) is 6.07 Å². The Morgan fingerprint density at radius 2 is 2.23 bits per heavy atom. The molecule has 0 radical (unpaired) electrons. The maximum atomic E-state index is 13.3. The number of hydrogen-bond donors (Lipinski definition) is 0. The first-order chi connectivity index (χ1) is 6.29. The second-order valence-electron chi connectivity index (χ2n) is 3.03. The van der Waals surface area contributed by atoms with Crippen molar-refractivity contribution in [2.45, 2.75) is 12.8 Å². The van der Waals surface area contributed by atoms with Crippen LogP contribution in [0.4, 0.5) is 4.39 Å². The van der Waals surface area contributed by atoms with Crippen molar-refractivity contribution in [1.29, 1.82) is 0 Å². The van der Waals surface area contributed by atoms with Crippen molar-refractivity contribution in [3.63, 3.8) is 0 Å². The lowest BCUT2D eigenvalue weighted by molar-refractivity contribution is 0.625. The van der Waals surface area contributed by atoms with Gasteiger partial charge in [-0.25, -0.2) is 4.39 Å². The van der Waals surface area contributed by atoms with E-state index in [0.29, 0.717) is 10.6 Å². The standard InChI is InChI=1S/C10H9ClFN/c11-7-3-1-4-8(12)10(7)9-5-2-6-13-9/h1,3-4H,2,5-6H2. The van der Waals surface area contributed by atoms with E-state index in [0.717, 1.165) is 25.1 Å². The molecular weight excluding hydrogens is 189 g/mol. The van der Waals surface area contributed by atoms with Crippen LogP contribution in [-0.4, -0.2) is 12.3 Å². The summed E-state index contributed by atoms with van der Waals surface area (Å²) >= 11 is 5.89. The van der Waals surface area contributed by atoms with E-state index in [-0.39, 0.29) is 5.82 Å². The molecule has 0 N–H and O–H groups in total. The van der Waals surface area contributed by atoms with Gasteiger partial charge in [-0.1, -0.05) is 17.7 Å². The molecule has 0 amide bonds. The van der Waals surface area contributed by atoms with Crippen LogP contribution in [0.25, 0.3) is 0 Å². The summed E-state index contributed by atoms with van der Waals surface area (Å²) in [6.07, 6.45) is 1.83. The summed E-state index contributed by atoms with van der Waals surface area (Å²) in [5.74, 6) is -0.270. The Kier molecular flexibility index (Phi) is 2.32. The van der Waals surface area contributed by atoms with Gasteiger partial charge in [-0.15, -0.1) is 0 Å². The minimum absolute atomic E-state index is 0.270. The molecule has 0 spiro atoms. The molecule has 13 heavy (non-hydrogen) atoms. The molecule has 0 bridgehead atoms. The normalized spacial score (nSPS) is 16.0. The molecule has 0 saturated heterocycles. The van der Waals surface area contributed by atoms with Gasteiger partial charge in [-0.2, -0.15) is 0 Å². The molecule has 68 valence electrons.